The van der Waals surface area contributed by atoms with Crippen molar-refractivity contribution in [1.82, 2.24) is 14.8 Å². The molecule has 2 rings (SSSR count). The van der Waals surface area contributed by atoms with Gasteiger partial charge in [-0.2, -0.15) is 0 Å². The first-order valence-corrected chi connectivity index (χ1v) is 10.2. The topological polar surface area (TPSA) is 86.1 Å². The Morgan fingerprint density at radius 2 is 2.07 bits per heavy atom. The van der Waals surface area contributed by atoms with Gasteiger partial charge in [0.1, 0.15) is 10.8 Å². The largest absolute Gasteiger partial charge is 0.465 e. The number of nitrogens with one attached hydrogen (secondary N) is 1. The van der Waals surface area contributed by atoms with E-state index in [9.17, 15) is 9.59 Å². The summed E-state index contributed by atoms with van der Waals surface area (Å²) in [5.41, 5.74) is 1.23. The van der Waals surface area contributed by atoms with Crippen molar-refractivity contribution in [3.05, 3.63) is 34.5 Å². The van der Waals surface area contributed by atoms with Crippen LogP contribution in [0.25, 0.3) is 0 Å². The average Bonchev–Trinajstić information content (AvgIpc) is 3.14. The van der Waals surface area contributed by atoms with Crippen LogP contribution in [0.2, 0.25) is 0 Å². The maximum absolute atomic E-state index is 12.4. The van der Waals surface area contributed by atoms with Gasteiger partial charge in [-0.15, -0.1) is 28.1 Å². The molecule has 2 aromatic heterocycles. The van der Waals surface area contributed by atoms with Gasteiger partial charge >= 0.3 is 5.97 Å². The SMILES string of the molecule is C=CCn1c(SCC(=O)Nc2sc(C)c(C)c2C(=O)OC)nnc1C(C)C. The molecule has 0 fully saturated rings. The van der Waals surface area contributed by atoms with Crippen LogP contribution in [0, 0.1) is 13.8 Å². The Bertz CT molecular complexity index is 855. The van der Waals surface area contributed by atoms with E-state index in [1.165, 1.54) is 30.2 Å². The molecule has 0 aliphatic rings. The van der Waals surface area contributed by atoms with Crippen LogP contribution in [-0.2, 0) is 16.1 Å². The predicted octanol–water partition coefficient (Wildman–Crippen LogP) is 3.78. The van der Waals surface area contributed by atoms with Gasteiger partial charge in [0.25, 0.3) is 0 Å². The fourth-order valence-electron chi connectivity index (χ4n) is 2.49. The van der Waals surface area contributed by atoms with E-state index in [2.05, 4.69) is 22.1 Å². The normalized spacial score (nSPS) is 10.9. The first-order chi connectivity index (χ1) is 12.8. The van der Waals surface area contributed by atoms with Gasteiger partial charge in [0, 0.05) is 17.3 Å². The summed E-state index contributed by atoms with van der Waals surface area (Å²) in [6.07, 6.45) is 1.78. The third kappa shape index (κ3) is 4.78. The second-order valence-corrected chi connectivity index (χ2v) is 8.38. The number of aryl methyl sites for hydroxylation is 1. The second kappa shape index (κ2) is 9.18. The molecule has 7 nitrogen and oxygen atoms in total. The molecule has 0 saturated heterocycles. The number of thiophene rings is 1. The minimum absolute atomic E-state index is 0.157. The Hall–Kier alpha value is -2.13. The van der Waals surface area contributed by atoms with Gasteiger partial charge < -0.3 is 14.6 Å². The Morgan fingerprint density at radius 1 is 1.37 bits per heavy atom. The third-order valence-corrected chi connectivity index (χ3v) is 6.02. The number of rotatable bonds is 8. The number of allylic oxidation sites excluding steroid dienone is 1. The summed E-state index contributed by atoms with van der Waals surface area (Å²) >= 11 is 2.67. The lowest BCUT2D eigenvalue weighted by atomic mass is 10.1. The van der Waals surface area contributed by atoms with Gasteiger partial charge in [-0.1, -0.05) is 31.7 Å². The number of methoxy groups -OCH3 is 1. The van der Waals surface area contributed by atoms with E-state index in [1.54, 1.807) is 6.08 Å². The molecule has 0 spiro atoms. The van der Waals surface area contributed by atoms with Crippen LogP contribution >= 0.6 is 23.1 Å². The molecule has 0 aliphatic carbocycles. The highest BCUT2D eigenvalue weighted by Gasteiger charge is 2.22. The summed E-state index contributed by atoms with van der Waals surface area (Å²) in [7, 11) is 1.33. The lowest BCUT2D eigenvalue weighted by Crippen LogP contribution is -2.16. The fourth-order valence-corrected chi connectivity index (χ4v) is 4.31. The average molecular weight is 409 g/mol. The molecule has 1 amide bonds. The van der Waals surface area contributed by atoms with Crippen LogP contribution in [0.4, 0.5) is 5.00 Å². The molecular weight excluding hydrogens is 384 g/mol. The number of amides is 1. The quantitative estimate of drug-likeness (QED) is 0.406. The second-order valence-electron chi connectivity index (χ2n) is 6.21. The first-order valence-electron chi connectivity index (χ1n) is 8.45. The van der Waals surface area contributed by atoms with E-state index in [-0.39, 0.29) is 17.6 Å². The minimum atomic E-state index is -0.452. The molecular formula is C18H24N4O3S2. The van der Waals surface area contributed by atoms with Crippen LogP contribution < -0.4 is 5.32 Å². The number of aromatic nitrogens is 3. The Labute approximate surface area is 167 Å². The van der Waals surface area contributed by atoms with Gasteiger partial charge in [-0.05, 0) is 19.4 Å². The molecule has 2 aromatic rings. The van der Waals surface area contributed by atoms with E-state index < -0.39 is 5.97 Å². The number of carbonyl (C=O) groups excluding carboxylic acids is 2. The van der Waals surface area contributed by atoms with Crippen LogP contribution in [0.1, 0.15) is 46.4 Å². The number of hydrogen-bond acceptors (Lipinski definition) is 7. The Balaban J connectivity index is 2.11. The monoisotopic (exact) mass is 408 g/mol. The highest BCUT2D eigenvalue weighted by atomic mass is 32.2. The fraction of sp³-hybridized carbons (Fsp3) is 0.444. The van der Waals surface area contributed by atoms with Crippen molar-refractivity contribution in [2.75, 3.05) is 18.2 Å². The van der Waals surface area contributed by atoms with Crippen molar-refractivity contribution in [3.63, 3.8) is 0 Å². The molecule has 146 valence electrons. The van der Waals surface area contributed by atoms with Gasteiger partial charge in [0.15, 0.2) is 5.16 Å². The maximum Gasteiger partial charge on any atom is 0.341 e. The van der Waals surface area contributed by atoms with Gasteiger partial charge in [0.05, 0.1) is 18.4 Å². The summed E-state index contributed by atoms with van der Waals surface area (Å²) in [6.45, 7) is 12.2. The summed E-state index contributed by atoms with van der Waals surface area (Å²) in [6, 6.07) is 0. The third-order valence-electron chi connectivity index (χ3n) is 3.93. The Morgan fingerprint density at radius 3 is 2.67 bits per heavy atom. The molecule has 0 aliphatic heterocycles. The van der Waals surface area contributed by atoms with Crippen molar-refractivity contribution < 1.29 is 14.3 Å². The highest BCUT2D eigenvalue weighted by molar-refractivity contribution is 7.99. The zero-order valence-corrected chi connectivity index (χ0v) is 17.8. The Kier molecular flexibility index (Phi) is 7.20. The smallest absolute Gasteiger partial charge is 0.341 e. The maximum atomic E-state index is 12.4. The highest BCUT2D eigenvalue weighted by Crippen LogP contribution is 2.33. The predicted molar refractivity (Wildman–Crippen MR) is 109 cm³/mol. The number of esters is 1. The number of carbonyl (C=O) groups is 2. The van der Waals surface area contributed by atoms with Gasteiger partial charge in [-0.25, -0.2) is 4.79 Å². The van der Waals surface area contributed by atoms with E-state index in [1.807, 2.05) is 32.3 Å². The van der Waals surface area contributed by atoms with E-state index >= 15 is 0 Å². The number of ether oxygens (including phenoxy) is 1. The van der Waals surface area contributed by atoms with Crippen molar-refractivity contribution >= 4 is 40.0 Å². The van der Waals surface area contributed by atoms with Crippen LogP contribution in [0.3, 0.4) is 0 Å². The summed E-state index contributed by atoms with van der Waals surface area (Å²) < 4.78 is 6.78. The zero-order chi connectivity index (χ0) is 20.1. The standard InChI is InChI=1S/C18H24N4O3S2/c1-7-8-22-15(10(2)3)20-21-18(22)26-9-13(23)19-16-14(17(24)25-6)11(4)12(5)27-16/h7,10H,1,8-9H2,2-6H3,(H,19,23). The lowest BCUT2D eigenvalue weighted by Gasteiger charge is -2.09. The van der Waals surface area contributed by atoms with Crippen molar-refractivity contribution in [2.45, 2.75) is 45.3 Å². The first kappa shape index (κ1) is 21.2. The van der Waals surface area contributed by atoms with E-state index in [0.29, 0.717) is 22.3 Å². The van der Waals surface area contributed by atoms with Crippen molar-refractivity contribution in [3.8, 4) is 0 Å². The molecule has 27 heavy (non-hydrogen) atoms. The van der Waals surface area contributed by atoms with Crippen LogP contribution in [0.5, 0.6) is 0 Å². The van der Waals surface area contributed by atoms with Crippen molar-refractivity contribution in [1.29, 1.82) is 0 Å². The molecule has 9 heteroatoms. The number of thioether (sulfide) groups is 1. The summed E-state index contributed by atoms with van der Waals surface area (Å²) in [5, 5.41) is 12.4. The molecule has 0 atom stereocenters. The van der Waals surface area contributed by atoms with Gasteiger partial charge in [-0.3, -0.25) is 4.79 Å². The molecule has 1 N–H and O–H groups in total. The molecule has 0 radical (unpaired) electrons. The zero-order valence-electron chi connectivity index (χ0n) is 16.2. The van der Waals surface area contributed by atoms with Gasteiger partial charge in [0.2, 0.25) is 5.91 Å². The lowest BCUT2D eigenvalue weighted by molar-refractivity contribution is -0.113. The van der Waals surface area contributed by atoms with E-state index in [0.717, 1.165) is 16.3 Å². The number of hydrogen-bond donors (Lipinski definition) is 1. The molecule has 2 heterocycles. The molecule has 0 saturated carbocycles. The molecule has 0 bridgehead atoms. The summed E-state index contributed by atoms with van der Waals surface area (Å²) in [4.78, 5) is 25.4. The molecule has 0 aromatic carbocycles. The van der Waals surface area contributed by atoms with E-state index in [4.69, 9.17) is 4.74 Å². The molecule has 0 unspecified atom stereocenters. The summed E-state index contributed by atoms with van der Waals surface area (Å²) in [5.74, 6) is 0.567. The van der Waals surface area contributed by atoms with Crippen LogP contribution in [0.15, 0.2) is 17.8 Å². The number of anilines is 1. The number of nitrogens with zero attached hydrogens (tertiary/aromatic N) is 3. The van der Waals surface area contributed by atoms with Crippen molar-refractivity contribution in [2.24, 2.45) is 0 Å². The minimum Gasteiger partial charge on any atom is -0.465 e. The van der Waals surface area contributed by atoms with Crippen LogP contribution in [-0.4, -0.2) is 39.5 Å².